The van der Waals surface area contributed by atoms with E-state index in [1.165, 1.54) is 34.3 Å². The molecule has 31 heavy (non-hydrogen) atoms. The first-order valence-electron chi connectivity index (χ1n) is 11.6. The Balaban J connectivity index is 1.35. The molecule has 0 bridgehead atoms. The van der Waals surface area contributed by atoms with E-state index in [0.717, 1.165) is 57.1 Å². The molecule has 0 radical (unpaired) electrons. The van der Waals surface area contributed by atoms with Crippen LogP contribution in [0, 0.1) is 5.41 Å². The lowest BCUT2D eigenvalue weighted by atomic mass is 9.76. The molecule has 1 aliphatic carbocycles. The van der Waals surface area contributed by atoms with Gasteiger partial charge in [-0.05, 0) is 49.8 Å². The first-order chi connectivity index (χ1) is 14.9. The summed E-state index contributed by atoms with van der Waals surface area (Å²) in [7, 11) is 2.19. The maximum Gasteiger partial charge on any atom is 0.112 e. The van der Waals surface area contributed by atoms with Crippen LogP contribution in [0.3, 0.4) is 0 Å². The molecule has 3 heterocycles. The number of nitrogens with one attached hydrogen (secondary N) is 2. The molecule has 0 saturated carbocycles. The molecule has 6 heteroatoms. The lowest BCUT2D eigenvalue weighted by molar-refractivity contribution is 0.0218. The number of nitrogens with zero attached hydrogens (tertiary/aromatic N) is 3. The van der Waals surface area contributed by atoms with Crippen molar-refractivity contribution in [1.82, 2.24) is 20.1 Å². The van der Waals surface area contributed by atoms with E-state index in [1.54, 1.807) is 0 Å². The fraction of sp³-hybridized carbons (Fsp3) is 0.560. The number of benzene rings is 1. The van der Waals surface area contributed by atoms with Gasteiger partial charge in [0.25, 0.3) is 0 Å². The number of anilines is 1. The number of morpholine rings is 1. The van der Waals surface area contributed by atoms with E-state index in [1.807, 2.05) is 0 Å². The van der Waals surface area contributed by atoms with Gasteiger partial charge in [-0.15, -0.1) is 0 Å². The predicted molar refractivity (Wildman–Crippen MR) is 127 cm³/mol. The Labute approximate surface area is 185 Å². The molecule has 6 nitrogen and oxygen atoms in total. The Bertz CT molecular complexity index is 1060. The Morgan fingerprint density at radius 3 is 2.84 bits per heavy atom. The van der Waals surface area contributed by atoms with Gasteiger partial charge in [-0.3, -0.25) is 10.00 Å². The fourth-order valence-corrected chi connectivity index (χ4v) is 5.19. The summed E-state index contributed by atoms with van der Waals surface area (Å²) in [5.74, 6) is 0. The molecule has 0 unspecified atom stereocenters. The van der Waals surface area contributed by atoms with Crippen LogP contribution in [0.25, 0.3) is 22.3 Å². The van der Waals surface area contributed by atoms with Crippen molar-refractivity contribution in [2.24, 2.45) is 5.41 Å². The molecular formula is C25H35N5O. The molecule has 1 fully saturated rings. The first-order valence-corrected chi connectivity index (χ1v) is 11.6. The van der Waals surface area contributed by atoms with Gasteiger partial charge < -0.3 is 14.6 Å². The van der Waals surface area contributed by atoms with Crippen molar-refractivity contribution >= 4 is 16.6 Å². The van der Waals surface area contributed by atoms with Gasteiger partial charge in [-0.25, -0.2) is 0 Å². The van der Waals surface area contributed by atoms with E-state index in [9.17, 15) is 0 Å². The summed E-state index contributed by atoms with van der Waals surface area (Å²) in [6, 6.07) is 9.47. The summed E-state index contributed by atoms with van der Waals surface area (Å²) in [6.07, 6.45) is 3.38. The highest BCUT2D eigenvalue weighted by atomic mass is 16.5. The van der Waals surface area contributed by atoms with Crippen LogP contribution in [-0.4, -0.2) is 66.0 Å². The van der Waals surface area contributed by atoms with Crippen LogP contribution in [-0.2, 0) is 17.6 Å². The van der Waals surface area contributed by atoms with Crippen molar-refractivity contribution in [3.05, 3.63) is 35.5 Å². The molecule has 1 saturated heterocycles. The highest BCUT2D eigenvalue weighted by Crippen LogP contribution is 2.38. The number of aromatic nitrogens is 3. The van der Waals surface area contributed by atoms with Gasteiger partial charge in [-0.1, -0.05) is 19.9 Å². The normalized spacial score (nSPS) is 20.0. The number of fused-ring (bicyclic) bond motifs is 2. The topological polar surface area (TPSA) is 60.2 Å². The molecule has 2 N–H and O–H groups in total. The number of hydrogen-bond acceptors (Lipinski definition) is 4. The van der Waals surface area contributed by atoms with Crippen LogP contribution in [0.2, 0.25) is 0 Å². The molecule has 1 aromatic carbocycles. The third-order valence-electron chi connectivity index (χ3n) is 7.17. The predicted octanol–water partition coefficient (Wildman–Crippen LogP) is 4.23. The largest absolute Gasteiger partial charge is 0.379 e. The zero-order valence-corrected chi connectivity index (χ0v) is 19.3. The molecule has 1 atom stereocenters. The van der Waals surface area contributed by atoms with Crippen molar-refractivity contribution in [2.75, 3.05) is 44.8 Å². The van der Waals surface area contributed by atoms with E-state index < -0.39 is 0 Å². The SMILES string of the molecule is C[C@H](CN(C)c1ccc2cc(-c3n[nH]c4c3CCC(C)(C)C4)[nH]c2c1)N1CCOCC1. The zero-order valence-electron chi connectivity index (χ0n) is 19.3. The van der Waals surface area contributed by atoms with Crippen LogP contribution in [0.1, 0.15) is 38.4 Å². The van der Waals surface area contributed by atoms with E-state index in [4.69, 9.17) is 9.84 Å². The number of ether oxygens (including phenoxy) is 1. The van der Waals surface area contributed by atoms with Crippen LogP contribution in [0.15, 0.2) is 24.3 Å². The van der Waals surface area contributed by atoms with Gasteiger partial charge in [0.1, 0.15) is 5.69 Å². The van der Waals surface area contributed by atoms with Gasteiger partial charge in [0.2, 0.25) is 0 Å². The van der Waals surface area contributed by atoms with Crippen molar-refractivity contribution in [3.63, 3.8) is 0 Å². The molecule has 2 aromatic heterocycles. The van der Waals surface area contributed by atoms with Crippen molar-refractivity contribution in [3.8, 4) is 11.4 Å². The number of aromatic amines is 2. The third kappa shape index (κ3) is 4.11. The van der Waals surface area contributed by atoms with Crippen molar-refractivity contribution in [2.45, 2.75) is 46.1 Å². The number of rotatable bonds is 5. The second-order valence-corrected chi connectivity index (χ2v) is 10.2. The Hall–Kier alpha value is -2.31. The van der Waals surface area contributed by atoms with Gasteiger partial charge in [-0.2, -0.15) is 5.10 Å². The summed E-state index contributed by atoms with van der Waals surface area (Å²) in [4.78, 5) is 8.53. The minimum atomic E-state index is 0.356. The smallest absolute Gasteiger partial charge is 0.112 e. The van der Waals surface area contributed by atoms with E-state index in [2.05, 4.69) is 72.0 Å². The fourth-order valence-electron chi connectivity index (χ4n) is 5.19. The van der Waals surface area contributed by atoms with Gasteiger partial charge in [0.15, 0.2) is 0 Å². The maximum atomic E-state index is 5.50. The summed E-state index contributed by atoms with van der Waals surface area (Å²) in [5.41, 5.74) is 7.68. The summed E-state index contributed by atoms with van der Waals surface area (Å²) >= 11 is 0. The molecule has 3 aromatic rings. The molecule has 2 aliphatic rings. The summed E-state index contributed by atoms with van der Waals surface area (Å²) < 4.78 is 5.50. The van der Waals surface area contributed by atoms with Gasteiger partial charge in [0.05, 0.1) is 18.9 Å². The van der Waals surface area contributed by atoms with E-state index in [-0.39, 0.29) is 0 Å². The first kappa shape index (κ1) is 20.6. The van der Waals surface area contributed by atoms with E-state index >= 15 is 0 Å². The summed E-state index contributed by atoms with van der Waals surface area (Å²) in [6.45, 7) is 11.8. The Kier molecular flexibility index (Phi) is 5.30. The number of hydrogen-bond donors (Lipinski definition) is 2. The lowest BCUT2D eigenvalue weighted by Crippen LogP contribution is -2.46. The average molecular weight is 422 g/mol. The zero-order chi connectivity index (χ0) is 21.6. The number of likely N-dealkylation sites (N-methyl/N-ethyl adjacent to an activating group) is 1. The third-order valence-corrected chi connectivity index (χ3v) is 7.17. The second-order valence-electron chi connectivity index (χ2n) is 10.2. The highest BCUT2D eigenvalue weighted by Gasteiger charge is 2.29. The van der Waals surface area contributed by atoms with Gasteiger partial charge >= 0.3 is 0 Å². The van der Waals surface area contributed by atoms with Crippen molar-refractivity contribution < 1.29 is 4.74 Å². The second kappa shape index (κ2) is 7.99. The monoisotopic (exact) mass is 421 g/mol. The van der Waals surface area contributed by atoms with Crippen LogP contribution in [0.4, 0.5) is 5.69 Å². The standard InChI is InChI=1S/C25H35N5O/c1-17(30-9-11-31-12-10-30)16-29(4)19-6-5-18-13-22(26-21(18)14-19)24-20-7-8-25(2,3)15-23(20)27-28-24/h5-6,13-14,17,26H,7-12,15-16H2,1-4H3,(H,27,28)/t17-/m1/s1. The lowest BCUT2D eigenvalue weighted by Gasteiger charge is -2.35. The Morgan fingerprint density at radius 1 is 1.23 bits per heavy atom. The Morgan fingerprint density at radius 2 is 2.03 bits per heavy atom. The minimum Gasteiger partial charge on any atom is -0.379 e. The molecule has 5 rings (SSSR count). The highest BCUT2D eigenvalue weighted by molar-refractivity contribution is 5.88. The van der Waals surface area contributed by atoms with Crippen LogP contribution in [0.5, 0.6) is 0 Å². The summed E-state index contributed by atoms with van der Waals surface area (Å²) in [5, 5.41) is 9.25. The van der Waals surface area contributed by atoms with Crippen LogP contribution >= 0.6 is 0 Å². The van der Waals surface area contributed by atoms with Crippen molar-refractivity contribution in [1.29, 1.82) is 0 Å². The number of H-pyrrole nitrogens is 2. The maximum absolute atomic E-state index is 5.50. The van der Waals surface area contributed by atoms with E-state index in [0.29, 0.717) is 11.5 Å². The molecule has 1 aliphatic heterocycles. The molecular weight excluding hydrogens is 386 g/mol. The average Bonchev–Trinajstić information content (AvgIpc) is 3.36. The van der Waals surface area contributed by atoms with Crippen LogP contribution < -0.4 is 4.90 Å². The molecule has 0 spiro atoms. The molecule has 0 amide bonds. The van der Waals surface area contributed by atoms with Gasteiger partial charge in [0, 0.05) is 60.6 Å². The molecule has 166 valence electrons. The minimum absolute atomic E-state index is 0.356. The quantitative estimate of drug-likeness (QED) is 0.647.